The van der Waals surface area contributed by atoms with E-state index in [0.29, 0.717) is 0 Å². The molecule has 0 unspecified atom stereocenters. The van der Waals surface area contributed by atoms with Crippen LogP contribution in [0.15, 0.2) is 203 Å². The molecule has 0 N–H and O–H groups in total. The van der Waals surface area contributed by atoms with E-state index in [1.165, 1.54) is 105 Å². The second kappa shape index (κ2) is 13.2. The Morgan fingerprint density at radius 3 is 1.29 bits per heavy atom. The van der Waals surface area contributed by atoms with Gasteiger partial charge in [-0.3, -0.25) is 0 Å². The zero-order chi connectivity index (χ0) is 45.2. The molecule has 2 aromatic heterocycles. The van der Waals surface area contributed by atoms with Crippen molar-refractivity contribution in [2.45, 2.75) is 38.5 Å². The number of rotatable bonds is 3. The molecule has 0 atom stereocenters. The highest BCUT2D eigenvalue weighted by molar-refractivity contribution is 6.24. The number of benzene rings is 11. The minimum Gasteiger partial charge on any atom is -0.455 e. The fraction of sp³-hybridized carbons (Fsp3) is 0.0909. The SMILES string of the molecule is CC1(C)c2ccccc2-c2c1ccc1c2oc2ccc(-c3c4ccccc4c(-c4ccc5oc6c7c(ccc6c5c4)C(C)(C)c4ccccc4-7)c4cc(-c5ccc6ccccc6c5)ccc34)cc21. The largest absolute Gasteiger partial charge is 0.455 e. The maximum Gasteiger partial charge on any atom is 0.143 e. The van der Waals surface area contributed by atoms with Crippen molar-refractivity contribution in [3.8, 4) is 55.6 Å². The van der Waals surface area contributed by atoms with Crippen molar-refractivity contribution in [2.75, 3.05) is 0 Å². The van der Waals surface area contributed by atoms with Crippen molar-refractivity contribution in [3.05, 3.63) is 216 Å². The van der Waals surface area contributed by atoms with Crippen LogP contribution in [0, 0.1) is 0 Å². The van der Waals surface area contributed by atoms with Crippen LogP contribution in [0.25, 0.3) is 132 Å². The molecule has 13 aromatic rings. The van der Waals surface area contributed by atoms with Crippen molar-refractivity contribution in [1.29, 1.82) is 0 Å². The molecule has 0 fully saturated rings. The van der Waals surface area contributed by atoms with E-state index < -0.39 is 0 Å². The fourth-order valence-corrected chi connectivity index (χ4v) is 12.7. The Balaban J connectivity index is 0.988. The Morgan fingerprint density at radius 2 is 0.706 bits per heavy atom. The average Bonchev–Trinajstić information content (AvgIpc) is 4.07. The molecule has 11 aromatic carbocycles. The summed E-state index contributed by atoms with van der Waals surface area (Å²) in [5.41, 5.74) is 21.0. The zero-order valence-electron chi connectivity index (χ0n) is 38.3. The standard InChI is InChI=1S/C66H44O2/c1-65(2)53-19-11-9-17-48(53)61-55(65)29-27-46-50-35-41(24-31-57(50)67-63(46)61)59-43-15-7-8-16-44(43)60(52-34-40(23-26-45(52)59)39-22-21-37-13-5-6-14-38(37)33-39)42-25-32-58-51(36-42)47-28-30-56-62(64(47)68-58)49-18-10-12-20-54(49)66(56,3)4/h5-36H,1-4H3. The van der Waals surface area contributed by atoms with Gasteiger partial charge in [0.25, 0.3) is 0 Å². The number of furan rings is 2. The van der Waals surface area contributed by atoms with E-state index in [2.05, 4.69) is 222 Å². The highest BCUT2D eigenvalue weighted by atomic mass is 16.3. The first-order valence-corrected chi connectivity index (χ1v) is 23.9. The highest BCUT2D eigenvalue weighted by Gasteiger charge is 2.39. The van der Waals surface area contributed by atoms with E-state index >= 15 is 0 Å². The van der Waals surface area contributed by atoms with Gasteiger partial charge in [-0.25, -0.2) is 0 Å². The monoisotopic (exact) mass is 868 g/mol. The molecule has 15 rings (SSSR count). The Bertz CT molecular complexity index is 4380. The van der Waals surface area contributed by atoms with Crippen molar-refractivity contribution in [2.24, 2.45) is 0 Å². The predicted octanol–water partition coefficient (Wildman–Crippen LogP) is 18.6. The van der Waals surface area contributed by atoms with Crippen LogP contribution in [0.4, 0.5) is 0 Å². The molecular weight excluding hydrogens is 825 g/mol. The summed E-state index contributed by atoms with van der Waals surface area (Å²) in [4.78, 5) is 0. The third kappa shape index (κ3) is 4.96. The van der Waals surface area contributed by atoms with Gasteiger partial charge >= 0.3 is 0 Å². The van der Waals surface area contributed by atoms with Gasteiger partial charge in [-0.05, 0) is 135 Å². The van der Waals surface area contributed by atoms with E-state index in [-0.39, 0.29) is 10.8 Å². The van der Waals surface area contributed by atoms with E-state index in [0.717, 1.165) is 49.4 Å². The van der Waals surface area contributed by atoms with Crippen LogP contribution in [-0.4, -0.2) is 0 Å². The summed E-state index contributed by atoms with van der Waals surface area (Å²) < 4.78 is 13.8. The smallest absolute Gasteiger partial charge is 0.143 e. The molecule has 0 saturated heterocycles. The predicted molar refractivity (Wildman–Crippen MR) is 285 cm³/mol. The van der Waals surface area contributed by atoms with E-state index in [9.17, 15) is 0 Å². The van der Waals surface area contributed by atoms with Crippen LogP contribution in [0.2, 0.25) is 0 Å². The summed E-state index contributed by atoms with van der Waals surface area (Å²) in [5, 5.41) is 11.9. The minimum absolute atomic E-state index is 0.103. The van der Waals surface area contributed by atoms with Crippen molar-refractivity contribution < 1.29 is 8.83 Å². The molecule has 0 amide bonds. The first-order chi connectivity index (χ1) is 33.2. The summed E-state index contributed by atoms with van der Waals surface area (Å²) in [6, 6.07) is 72.2. The summed E-state index contributed by atoms with van der Waals surface area (Å²) in [7, 11) is 0. The second-order valence-corrected chi connectivity index (χ2v) is 20.3. The zero-order valence-corrected chi connectivity index (χ0v) is 38.3. The van der Waals surface area contributed by atoms with Crippen LogP contribution in [-0.2, 0) is 10.8 Å². The maximum atomic E-state index is 6.90. The van der Waals surface area contributed by atoms with Crippen molar-refractivity contribution in [3.63, 3.8) is 0 Å². The number of hydrogen-bond acceptors (Lipinski definition) is 2. The summed E-state index contributed by atoms with van der Waals surface area (Å²) >= 11 is 0. The summed E-state index contributed by atoms with van der Waals surface area (Å²) in [5.74, 6) is 0. The van der Waals surface area contributed by atoms with E-state index in [4.69, 9.17) is 8.83 Å². The average molecular weight is 869 g/mol. The van der Waals surface area contributed by atoms with Crippen LogP contribution in [0.3, 0.4) is 0 Å². The molecule has 2 nitrogen and oxygen atoms in total. The molecule has 0 spiro atoms. The molecular formula is C66H44O2. The Morgan fingerprint density at radius 1 is 0.279 bits per heavy atom. The lowest BCUT2D eigenvalue weighted by Gasteiger charge is -2.21. The quantitative estimate of drug-likeness (QED) is 0.165. The minimum atomic E-state index is -0.106. The van der Waals surface area contributed by atoms with Gasteiger partial charge in [-0.15, -0.1) is 0 Å². The van der Waals surface area contributed by atoms with Gasteiger partial charge in [0.2, 0.25) is 0 Å². The van der Waals surface area contributed by atoms with Gasteiger partial charge in [-0.1, -0.05) is 185 Å². The molecule has 68 heavy (non-hydrogen) atoms. The van der Waals surface area contributed by atoms with Gasteiger partial charge in [0.15, 0.2) is 0 Å². The highest BCUT2D eigenvalue weighted by Crippen LogP contribution is 2.55. The van der Waals surface area contributed by atoms with Gasteiger partial charge in [0, 0.05) is 43.5 Å². The molecule has 2 heteroatoms. The van der Waals surface area contributed by atoms with Gasteiger partial charge in [-0.2, -0.15) is 0 Å². The van der Waals surface area contributed by atoms with Crippen LogP contribution in [0.5, 0.6) is 0 Å². The molecule has 0 radical (unpaired) electrons. The lowest BCUT2D eigenvalue weighted by atomic mass is 9.82. The Labute approximate surface area is 393 Å². The molecule has 2 heterocycles. The third-order valence-corrected chi connectivity index (χ3v) is 16.0. The van der Waals surface area contributed by atoms with Gasteiger partial charge < -0.3 is 8.83 Å². The fourth-order valence-electron chi connectivity index (χ4n) is 12.7. The molecule has 0 saturated carbocycles. The molecule has 2 aliphatic carbocycles. The van der Waals surface area contributed by atoms with Crippen molar-refractivity contribution in [1.82, 2.24) is 0 Å². The normalized spacial score (nSPS) is 14.4. The van der Waals surface area contributed by atoms with Crippen molar-refractivity contribution >= 4 is 76.2 Å². The molecule has 0 aliphatic heterocycles. The summed E-state index contributed by atoms with van der Waals surface area (Å²) in [6.45, 7) is 9.32. The summed E-state index contributed by atoms with van der Waals surface area (Å²) in [6.07, 6.45) is 0. The lowest BCUT2D eigenvalue weighted by Crippen LogP contribution is -2.14. The maximum absolute atomic E-state index is 6.90. The van der Waals surface area contributed by atoms with Crippen LogP contribution >= 0.6 is 0 Å². The van der Waals surface area contributed by atoms with E-state index in [1.54, 1.807) is 0 Å². The topological polar surface area (TPSA) is 26.3 Å². The third-order valence-electron chi connectivity index (χ3n) is 16.0. The second-order valence-electron chi connectivity index (χ2n) is 20.3. The first-order valence-electron chi connectivity index (χ1n) is 23.9. The van der Waals surface area contributed by atoms with Crippen LogP contribution in [0.1, 0.15) is 49.9 Å². The van der Waals surface area contributed by atoms with Gasteiger partial charge in [0.05, 0.1) is 0 Å². The molecule has 320 valence electrons. The Hall–Kier alpha value is -8.20. The number of hydrogen-bond donors (Lipinski definition) is 0. The number of fused-ring (bicyclic) bond motifs is 17. The lowest BCUT2D eigenvalue weighted by molar-refractivity contribution is 0.653. The molecule has 0 bridgehead atoms. The Kier molecular flexibility index (Phi) is 7.39. The van der Waals surface area contributed by atoms with Crippen LogP contribution < -0.4 is 0 Å². The molecule has 2 aliphatic rings. The first kappa shape index (κ1) is 38.0. The van der Waals surface area contributed by atoms with Gasteiger partial charge in [0.1, 0.15) is 22.3 Å². The van der Waals surface area contributed by atoms with E-state index in [1.807, 2.05) is 0 Å².